The summed E-state index contributed by atoms with van der Waals surface area (Å²) in [6.07, 6.45) is 6.70. The summed E-state index contributed by atoms with van der Waals surface area (Å²) < 4.78 is 7.61. The van der Waals surface area contributed by atoms with E-state index in [2.05, 4.69) is 5.32 Å². The van der Waals surface area contributed by atoms with Gasteiger partial charge in [-0.2, -0.15) is 0 Å². The first-order chi connectivity index (χ1) is 16.5. The SMILES string of the molecule is CCOc1ccc(N2C(=O)c3cc4ccccc4n3C[C@@]2(C)C(=O)NC2CCCCCC2)cc1. The molecular weight excluding hydrogens is 426 g/mol. The van der Waals surface area contributed by atoms with E-state index in [4.69, 9.17) is 4.74 Å². The van der Waals surface area contributed by atoms with Crippen LogP contribution in [0.5, 0.6) is 5.75 Å². The van der Waals surface area contributed by atoms with Crippen molar-refractivity contribution in [3.8, 4) is 5.75 Å². The fourth-order valence-electron chi connectivity index (χ4n) is 5.47. The summed E-state index contributed by atoms with van der Waals surface area (Å²) in [7, 11) is 0. The van der Waals surface area contributed by atoms with Crippen molar-refractivity contribution >= 4 is 28.4 Å². The number of fused-ring (bicyclic) bond motifs is 3. The lowest BCUT2D eigenvalue weighted by Crippen LogP contribution is -2.65. The van der Waals surface area contributed by atoms with Crippen molar-refractivity contribution in [1.82, 2.24) is 9.88 Å². The zero-order valence-electron chi connectivity index (χ0n) is 20.0. The van der Waals surface area contributed by atoms with Crippen molar-refractivity contribution in [3.63, 3.8) is 0 Å². The summed E-state index contributed by atoms with van der Waals surface area (Å²) in [5.41, 5.74) is 1.22. The fraction of sp³-hybridized carbons (Fsp3) is 0.429. The molecule has 2 heterocycles. The summed E-state index contributed by atoms with van der Waals surface area (Å²) in [6.45, 7) is 4.80. The van der Waals surface area contributed by atoms with Gasteiger partial charge in [-0.1, -0.05) is 43.9 Å². The second kappa shape index (κ2) is 9.16. The van der Waals surface area contributed by atoms with Crippen molar-refractivity contribution in [2.75, 3.05) is 11.5 Å². The van der Waals surface area contributed by atoms with Gasteiger partial charge in [0.15, 0.2) is 0 Å². The maximum Gasteiger partial charge on any atom is 0.275 e. The van der Waals surface area contributed by atoms with E-state index >= 15 is 0 Å². The summed E-state index contributed by atoms with van der Waals surface area (Å²) in [5.74, 6) is 0.490. The van der Waals surface area contributed by atoms with Crippen LogP contribution in [0.4, 0.5) is 5.69 Å². The Hall–Kier alpha value is -3.28. The standard InChI is InChI=1S/C28H33N3O3/c1-3-34-23-16-14-22(15-17-23)31-26(32)25-18-20-10-8-9-13-24(20)30(25)19-28(31,2)27(33)29-21-11-6-4-5-7-12-21/h8-10,13-18,21H,3-7,11-12,19H2,1-2H3,(H,29,33)/t28-/m0/s1. The molecule has 2 aliphatic rings. The molecule has 1 atom stereocenters. The monoisotopic (exact) mass is 459 g/mol. The summed E-state index contributed by atoms with van der Waals surface area (Å²) in [4.78, 5) is 29.6. The first-order valence-electron chi connectivity index (χ1n) is 12.5. The molecule has 0 spiro atoms. The van der Waals surface area contributed by atoms with Gasteiger partial charge in [0.1, 0.15) is 17.0 Å². The van der Waals surface area contributed by atoms with E-state index in [1.807, 2.05) is 73.0 Å². The Labute approximate surface area is 200 Å². The van der Waals surface area contributed by atoms with Crippen molar-refractivity contribution < 1.29 is 14.3 Å². The van der Waals surface area contributed by atoms with Gasteiger partial charge in [0.25, 0.3) is 5.91 Å². The van der Waals surface area contributed by atoms with Gasteiger partial charge in [0.05, 0.1) is 13.2 Å². The fourth-order valence-corrected chi connectivity index (χ4v) is 5.47. The lowest BCUT2D eigenvalue weighted by Gasteiger charge is -2.44. The molecule has 6 nitrogen and oxygen atoms in total. The topological polar surface area (TPSA) is 63.6 Å². The molecule has 1 aliphatic heterocycles. The number of nitrogens with one attached hydrogen (secondary N) is 1. The van der Waals surface area contributed by atoms with Gasteiger partial charge >= 0.3 is 0 Å². The highest BCUT2D eigenvalue weighted by Gasteiger charge is 2.49. The van der Waals surface area contributed by atoms with Gasteiger partial charge in [-0.25, -0.2) is 0 Å². The molecule has 5 rings (SSSR count). The highest BCUT2D eigenvalue weighted by molar-refractivity contribution is 6.14. The third kappa shape index (κ3) is 3.95. The number of nitrogens with zero attached hydrogens (tertiary/aromatic N) is 2. The number of ether oxygens (including phenoxy) is 1. The van der Waals surface area contributed by atoms with Crippen molar-refractivity contribution in [3.05, 3.63) is 60.3 Å². The molecule has 2 aromatic carbocycles. The van der Waals surface area contributed by atoms with E-state index in [9.17, 15) is 9.59 Å². The number of aromatic nitrogens is 1. The Balaban J connectivity index is 1.56. The van der Waals surface area contributed by atoms with Gasteiger partial charge in [0, 0.05) is 22.6 Å². The number of hydrogen-bond acceptors (Lipinski definition) is 3. The molecule has 0 radical (unpaired) electrons. The number of benzene rings is 2. The maximum atomic E-state index is 14.0. The van der Waals surface area contributed by atoms with Crippen LogP contribution in [0, 0.1) is 0 Å². The van der Waals surface area contributed by atoms with Gasteiger partial charge in [-0.05, 0) is 63.1 Å². The quantitative estimate of drug-likeness (QED) is 0.527. The normalized spacial score (nSPS) is 21.2. The van der Waals surface area contributed by atoms with E-state index in [1.165, 1.54) is 12.8 Å². The molecule has 2 amide bonds. The van der Waals surface area contributed by atoms with Crippen LogP contribution in [0.25, 0.3) is 10.9 Å². The molecule has 6 heteroatoms. The molecule has 1 saturated carbocycles. The maximum absolute atomic E-state index is 14.0. The Morgan fingerprint density at radius 3 is 2.47 bits per heavy atom. The molecule has 1 aromatic heterocycles. The molecule has 3 aromatic rings. The van der Waals surface area contributed by atoms with E-state index in [0.717, 1.165) is 42.3 Å². The summed E-state index contributed by atoms with van der Waals surface area (Å²) in [5, 5.41) is 4.33. The first-order valence-corrected chi connectivity index (χ1v) is 12.5. The van der Waals surface area contributed by atoms with Crippen molar-refractivity contribution in [1.29, 1.82) is 0 Å². The van der Waals surface area contributed by atoms with Gasteiger partial charge in [-0.15, -0.1) is 0 Å². The predicted octanol–water partition coefficient (Wildman–Crippen LogP) is 5.30. The Morgan fingerprint density at radius 2 is 1.76 bits per heavy atom. The number of carbonyl (C=O) groups excluding carboxylic acids is 2. The third-order valence-corrected chi connectivity index (χ3v) is 7.28. The van der Waals surface area contributed by atoms with Gasteiger partial charge < -0.3 is 14.6 Å². The lowest BCUT2D eigenvalue weighted by atomic mass is 9.92. The van der Waals surface area contributed by atoms with Crippen LogP contribution in [-0.2, 0) is 11.3 Å². The van der Waals surface area contributed by atoms with Crippen LogP contribution in [0.1, 0.15) is 62.9 Å². The largest absolute Gasteiger partial charge is 0.494 e. The molecule has 0 unspecified atom stereocenters. The van der Waals surface area contributed by atoms with E-state index in [-0.39, 0.29) is 17.9 Å². The molecular formula is C28H33N3O3. The molecule has 0 saturated heterocycles. The van der Waals surface area contributed by atoms with Gasteiger partial charge in [-0.3, -0.25) is 14.5 Å². The Kier molecular flexibility index (Phi) is 6.07. The van der Waals surface area contributed by atoms with Crippen LogP contribution >= 0.6 is 0 Å². The van der Waals surface area contributed by atoms with E-state index in [1.54, 1.807) is 4.90 Å². The number of rotatable bonds is 5. The average Bonchev–Trinajstić information content (AvgIpc) is 3.01. The molecule has 34 heavy (non-hydrogen) atoms. The van der Waals surface area contributed by atoms with Gasteiger partial charge in [0.2, 0.25) is 5.91 Å². The van der Waals surface area contributed by atoms with E-state index in [0.29, 0.717) is 24.5 Å². The minimum Gasteiger partial charge on any atom is -0.494 e. The molecule has 1 N–H and O–H groups in total. The molecule has 0 bridgehead atoms. The Bertz CT molecular complexity index is 1190. The van der Waals surface area contributed by atoms with Crippen molar-refractivity contribution in [2.45, 2.75) is 70.5 Å². The molecule has 1 aliphatic carbocycles. The number of amides is 2. The zero-order chi connectivity index (χ0) is 23.7. The second-order valence-electron chi connectivity index (χ2n) is 9.68. The number of anilines is 1. The first kappa shape index (κ1) is 22.5. The Morgan fingerprint density at radius 1 is 1.06 bits per heavy atom. The van der Waals surface area contributed by atoms with Crippen LogP contribution < -0.4 is 15.0 Å². The van der Waals surface area contributed by atoms with Crippen LogP contribution in [0.3, 0.4) is 0 Å². The van der Waals surface area contributed by atoms with Crippen LogP contribution in [-0.4, -0.2) is 34.6 Å². The average molecular weight is 460 g/mol. The summed E-state index contributed by atoms with van der Waals surface area (Å²) in [6, 6.07) is 17.5. The smallest absolute Gasteiger partial charge is 0.275 e. The number of hydrogen-bond donors (Lipinski definition) is 1. The lowest BCUT2D eigenvalue weighted by molar-refractivity contribution is -0.127. The minimum atomic E-state index is -1.06. The third-order valence-electron chi connectivity index (χ3n) is 7.28. The highest BCUT2D eigenvalue weighted by Crippen LogP contribution is 2.36. The number of para-hydroxylation sites is 1. The minimum absolute atomic E-state index is 0.0925. The van der Waals surface area contributed by atoms with E-state index < -0.39 is 5.54 Å². The predicted molar refractivity (Wildman–Crippen MR) is 134 cm³/mol. The second-order valence-corrected chi connectivity index (χ2v) is 9.68. The van der Waals surface area contributed by atoms with Crippen molar-refractivity contribution in [2.24, 2.45) is 0 Å². The molecule has 178 valence electrons. The zero-order valence-corrected chi connectivity index (χ0v) is 20.0. The van der Waals surface area contributed by atoms with Crippen LogP contribution in [0.2, 0.25) is 0 Å². The summed E-state index contributed by atoms with van der Waals surface area (Å²) >= 11 is 0. The number of carbonyl (C=O) groups is 2. The highest BCUT2D eigenvalue weighted by atomic mass is 16.5. The van der Waals surface area contributed by atoms with Crippen LogP contribution in [0.15, 0.2) is 54.6 Å². The molecule has 1 fully saturated rings.